The summed E-state index contributed by atoms with van der Waals surface area (Å²) < 4.78 is 40.5. The highest BCUT2D eigenvalue weighted by Gasteiger charge is 2.64. The molecule has 1 unspecified atom stereocenters. The lowest BCUT2D eigenvalue weighted by Crippen LogP contribution is -2.54. The number of nitrogens with one attached hydrogen (secondary N) is 2. The van der Waals surface area contributed by atoms with Gasteiger partial charge in [0.15, 0.2) is 0 Å². The van der Waals surface area contributed by atoms with Crippen molar-refractivity contribution < 1.29 is 18.0 Å². The Morgan fingerprint density at radius 1 is 1.14 bits per heavy atom. The van der Waals surface area contributed by atoms with Crippen LogP contribution in [0.4, 0.5) is 18.9 Å². The van der Waals surface area contributed by atoms with Crippen molar-refractivity contribution in [2.24, 2.45) is 5.41 Å². The number of halogens is 3. The van der Waals surface area contributed by atoms with E-state index in [0.29, 0.717) is 5.69 Å². The highest BCUT2D eigenvalue weighted by atomic mass is 19.4. The fraction of sp³-hybridized carbons (Fsp3) is 0.562. The maximum atomic E-state index is 13.5. The molecule has 122 valence electrons. The smallest absolute Gasteiger partial charge is 0.373 e. The minimum atomic E-state index is -4.50. The zero-order chi connectivity index (χ0) is 16.6. The van der Waals surface area contributed by atoms with Crippen molar-refractivity contribution >= 4 is 11.6 Å². The summed E-state index contributed by atoms with van der Waals surface area (Å²) in [6, 6.07) is 6.29. The first-order valence-corrected chi connectivity index (χ1v) is 7.25. The van der Waals surface area contributed by atoms with Gasteiger partial charge in [0.25, 0.3) is 0 Å². The molecule has 0 saturated heterocycles. The molecule has 2 N–H and O–H groups in total. The highest BCUT2D eigenvalue weighted by molar-refractivity contribution is 5.87. The molecule has 0 spiro atoms. The van der Waals surface area contributed by atoms with Crippen LogP contribution in [-0.2, 0) is 4.79 Å². The Labute approximate surface area is 128 Å². The molecule has 1 aliphatic rings. The number of anilines is 1. The molecule has 3 nitrogen and oxygen atoms in total. The van der Waals surface area contributed by atoms with E-state index in [1.807, 2.05) is 0 Å². The number of carbonyl (C=O) groups excluding carboxylic acids is 1. The Morgan fingerprint density at radius 2 is 1.68 bits per heavy atom. The predicted octanol–water partition coefficient (Wildman–Crippen LogP) is 3.72. The van der Waals surface area contributed by atoms with Crippen LogP contribution in [0.15, 0.2) is 30.3 Å². The van der Waals surface area contributed by atoms with Gasteiger partial charge in [0.1, 0.15) is 6.04 Å². The van der Waals surface area contributed by atoms with Crippen LogP contribution in [0.2, 0.25) is 0 Å². The van der Waals surface area contributed by atoms with E-state index in [1.54, 1.807) is 51.1 Å². The van der Waals surface area contributed by atoms with Gasteiger partial charge < -0.3 is 10.6 Å². The Hall–Kier alpha value is -1.72. The van der Waals surface area contributed by atoms with Crippen LogP contribution in [-0.4, -0.2) is 23.7 Å². The van der Waals surface area contributed by atoms with Crippen molar-refractivity contribution in [1.82, 2.24) is 5.32 Å². The lowest BCUT2D eigenvalue weighted by molar-refractivity contribution is -0.165. The molecule has 1 atom stereocenters. The minimum absolute atomic E-state index is 0.235. The molecule has 22 heavy (non-hydrogen) atoms. The molecule has 2 rings (SSSR count). The van der Waals surface area contributed by atoms with Crippen LogP contribution in [0.25, 0.3) is 0 Å². The summed E-state index contributed by atoms with van der Waals surface area (Å²) in [6.07, 6.45) is -4.03. The number of hydrogen-bond acceptors (Lipinski definition) is 2. The average Bonchev–Trinajstić information content (AvgIpc) is 3.15. The lowest BCUT2D eigenvalue weighted by Gasteiger charge is -2.32. The molecule has 1 aromatic rings. The Balaban J connectivity index is 2.24. The molecule has 0 bridgehead atoms. The number of rotatable bonds is 4. The third kappa shape index (κ3) is 3.72. The van der Waals surface area contributed by atoms with Crippen LogP contribution in [0.3, 0.4) is 0 Å². The Bertz CT molecular complexity index is 531. The molecule has 1 aromatic carbocycles. The van der Waals surface area contributed by atoms with Gasteiger partial charge in [-0.2, -0.15) is 13.2 Å². The van der Waals surface area contributed by atoms with E-state index in [4.69, 9.17) is 0 Å². The van der Waals surface area contributed by atoms with Gasteiger partial charge in [-0.1, -0.05) is 18.2 Å². The van der Waals surface area contributed by atoms with E-state index < -0.39 is 29.1 Å². The van der Waals surface area contributed by atoms with Crippen LogP contribution in [0, 0.1) is 5.41 Å². The normalized spacial score (nSPS) is 18.5. The molecule has 1 fully saturated rings. The standard InChI is InChI=1S/C16H21F3N2O/c1-14(2,3)21-13(22)15(9-10-15)12(16(17,18)19)20-11-7-5-4-6-8-11/h4-8,12,20H,9-10H2,1-3H3,(H,21,22). The van der Waals surface area contributed by atoms with Crippen molar-refractivity contribution in [3.63, 3.8) is 0 Å². The fourth-order valence-electron chi connectivity index (χ4n) is 2.48. The first-order valence-electron chi connectivity index (χ1n) is 7.25. The molecule has 1 aliphatic carbocycles. The minimum Gasteiger partial charge on any atom is -0.373 e. The molecule has 0 aromatic heterocycles. The second-order valence-corrected chi connectivity index (χ2v) is 6.85. The SMILES string of the molecule is CC(C)(C)NC(=O)C1(C(Nc2ccccc2)C(F)(F)F)CC1. The maximum Gasteiger partial charge on any atom is 0.409 e. The average molecular weight is 314 g/mol. The number of hydrogen-bond donors (Lipinski definition) is 2. The van der Waals surface area contributed by atoms with E-state index in [0.717, 1.165) is 0 Å². The van der Waals surface area contributed by atoms with Crippen molar-refractivity contribution in [2.45, 2.75) is 51.4 Å². The summed E-state index contributed by atoms with van der Waals surface area (Å²) in [5, 5.41) is 5.18. The molecule has 0 aliphatic heterocycles. The Morgan fingerprint density at radius 3 is 2.09 bits per heavy atom. The lowest BCUT2D eigenvalue weighted by atomic mass is 9.92. The van der Waals surface area contributed by atoms with Gasteiger partial charge in [0.05, 0.1) is 5.41 Å². The van der Waals surface area contributed by atoms with Crippen molar-refractivity contribution in [3.8, 4) is 0 Å². The fourth-order valence-corrected chi connectivity index (χ4v) is 2.48. The second kappa shape index (κ2) is 5.48. The highest BCUT2D eigenvalue weighted by Crippen LogP contribution is 2.54. The quantitative estimate of drug-likeness (QED) is 0.889. The predicted molar refractivity (Wildman–Crippen MR) is 79.5 cm³/mol. The molecule has 1 saturated carbocycles. The maximum absolute atomic E-state index is 13.5. The summed E-state index contributed by atoms with van der Waals surface area (Å²) in [4.78, 5) is 12.4. The number of alkyl halides is 3. The summed E-state index contributed by atoms with van der Waals surface area (Å²) >= 11 is 0. The molecule has 0 radical (unpaired) electrons. The summed E-state index contributed by atoms with van der Waals surface area (Å²) in [5.41, 5.74) is -1.61. The van der Waals surface area contributed by atoms with Gasteiger partial charge >= 0.3 is 6.18 Å². The first-order chi connectivity index (χ1) is 10.0. The van der Waals surface area contributed by atoms with Gasteiger partial charge in [-0.25, -0.2) is 0 Å². The van der Waals surface area contributed by atoms with E-state index in [2.05, 4.69) is 10.6 Å². The van der Waals surface area contributed by atoms with Gasteiger partial charge in [0, 0.05) is 11.2 Å². The zero-order valence-electron chi connectivity index (χ0n) is 12.9. The second-order valence-electron chi connectivity index (χ2n) is 6.85. The molecule has 1 amide bonds. The molecule has 6 heteroatoms. The summed E-state index contributed by atoms with van der Waals surface area (Å²) in [7, 11) is 0. The van der Waals surface area contributed by atoms with E-state index >= 15 is 0 Å². The third-order valence-corrected chi connectivity index (χ3v) is 3.69. The van der Waals surface area contributed by atoms with Crippen molar-refractivity contribution in [2.75, 3.05) is 5.32 Å². The van der Waals surface area contributed by atoms with Crippen LogP contribution < -0.4 is 10.6 Å². The van der Waals surface area contributed by atoms with Crippen molar-refractivity contribution in [3.05, 3.63) is 30.3 Å². The number of benzene rings is 1. The van der Waals surface area contributed by atoms with E-state index in [1.165, 1.54) is 0 Å². The number of carbonyl (C=O) groups is 1. The van der Waals surface area contributed by atoms with Crippen LogP contribution in [0.5, 0.6) is 0 Å². The number of amides is 1. The number of para-hydroxylation sites is 1. The van der Waals surface area contributed by atoms with E-state index in [-0.39, 0.29) is 12.8 Å². The first kappa shape index (κ1) is 16.6. The molecular weight excluding hydrogens is 293 g/mol. The van der Waals surface area contributed by atoms with Gasteiger partial charge in [-0.3, -0.25) is 4.79 Å². The summed E-state index contributed by atoms with van der Waals surface area (Å²) in [6.45, 7) is 5.27. The van der Waals surface area contributed by atoms with Gasteiger partial charge in [-0.05, 0) is 45.7 Å². The molecular formula is C16H21F3N2O. The van der Waals surface area contributed by atoms with Crippen LogP contribution >= 0.6 is 0 Å². The largest absolute Gasteiger partial charge is 0.409 e. The zero-order valence-corrected chi connectivity index (χ0v) is 12.9. The van der Waals surface area contributed by atoms with Crippen molar-refractivity contribution in [1.29, 1.82) is 0 Å². The monoisotopic (exact) mass is 314 g/mol. The van der Waals surface area contributed by atoms with E-state index in [9.17, 15) is 18.0 Å². The summed E-state index contributed by atoms with van der Waals surface area (Å²) in [5.74, 6) is -0.536. The topological polar surface area (TPSA) is 41.1 Å². The third-order valence-electron chi connectivity index (χ3n) is 3.69. The van der Waals surface area contributed by atoms with Gasteiger partial charge in [-0.15, -0.1) is 0 Å². The molecule has 0 heterocycles. The van der Waals surface area contributed by atoms with Gasteiger partial charge in [0.2, 0.25) is 5.91 Å². The Kier molecular flexibility index (Phi) is 4.15. The van der Waals surface area contributed by atoms with Crippen LogP contribution in [0.1, 0.15) is 33.6 Å².